The van der Waals surface area contributed by atoms with Crippen molar-refractivity contribution in [2.75, 3.05) is 5.32 Å². The monoisotopic (exact) mass is 228 g/mol. The first-order chi connectivity index (χ1) is 8.24. The van der Waals surface area contributed by atoms with Crippen LogP contribution >= 0.6 is 0 Å². The Hall–Kier alpha value is -2.63. The van der Waals surface area contributed by atoms with Gasteiger partial charge in [0.25, 0.3) is 11.4 Å². The second-order valence-electron chi connectivity index (χ2n) is 3.58. The number of H-pyrrole nitrogens is 2. The van der Waals surface area contributed by atoms with E-state index in [1.807, 2.05) is 30.3 Å². The number of amidine groups is 1. The third kappa shape index (κ3) is 1.55. The van der Waals surface area contributed by atoms with Crippen molar-refractivity contribution >= 4 is 17.3 Å². The van der Waals surface area contributed by atoms with E-state index in [4.69, 9.17) is 0 Å². The van der Waals surface area contributed by atoms with E-state index >= 15 is 0 Å². The number of nitrogens with one attached hydrogen (secondary N) is 3. The third-order valence-electron chi connectivity index (χ3n) is 2.44. The Morgan fingerprint density at radius 3 is 2.53 bits per heavy atom. The number of anilines is 1. The molecule has 1 aromatic heterocycles. The largest absolute Gasteiger partial charge is 0.384 e. The molecule has 2 heterocycles. The highest BCUT2D eigenvalue weighted by Gasteiger charge is 2.28. The van der Waals surface area contributed by atoms with Crippen molar-refractivity contribution in [2.24, 2.45) is 0 Å². The van der Waals surface area contributed by atoms with Crippen LogP contribution in [0.5, 0.6) is 0 Å². The molecule has 17 heavy (non-hydrogen) atoms. The molecule has 2 aromatic rings. The van der Waals surface area contributed by atoms with Gasteiger partial charge in [0.05, 0.1) is 5.56 Å². The minimum atomic E-state index is -0.561. The highest BCUT2D eigenvalue weighted by Crippen LogP contribution is 2.17. The van der Waals surface area contributed by atoms with Gasteiger partial charge in [-0.25, -0.2) is 9.78 Å². The van der Waals surface area contributed by atoms with E-state index in [2.05, 4.69) is 20.3 Å². The summed E-state index contributed by atoms with van der Waals surface area (Å²) in [6.45, 7) is 0. The molecule has 0 atom stereocenters. The van der Waals surface area contributed by atoms with Gasteiger partial charge >= 0.3 is 11.5 Å². The number of aromatic amines is 2. The summed E-state index contributed by atoms with van der Waals surface area (Å²) < 4.78 is 0. The predicted octanol–water partition coefficient (Wildman–Crippen LogP) is -0.0972. The van der Waals surface area contributed by atoms with E-state index in [1.165, 1.54) is 0 Å². The predicted molar refractivity (Wildman–Crippen MR) is 63.7 cm³/mol. The number of nitrogens with zero attached hydrogens (tertiary/aromatic N) is 1. The minimum Gasteiger partial charge on any atom is -0.265 e. The van der Waals surface area contributed by atoms with Crippen LogP contribution in [0.4, 0.5) is 11.5 Å². The van der Waals surface area contributed by atoms with Crippen LogP contribution in [0.3, 0.4) is 0 Å². The van der Waals surface area contributed by atoms with Crippen molar-refractivity contribution in [2.45, 2.75) is 0 Å². The first-order valence-corrected chi connectivity index (χ1v) is 5.02. The molecule has 1 aliphatic heterocycles. The summed E-state index contributed by atoms with van der Waals surface area (Å²) in [5, 5.41) is 2.88. The summed E-state index contributed by atoms with van der Waals surface area (Å²) in [7, 11) is 0. The van der Waals surface area contributed by atoms with Gasteiger partial charge in [0, 0.05) is 0 Å². The fourth-order valence-electron chi connectivity index (χ4n) is 1.67. The lowest BCUT2D eigenvalue weighted by atomic mass is 10.2. The molecule has 0 aliphatic carbocycles. The number of benzene rings is 1. The van der Waals surface area contributed by atoms with Crippen molar-refractivity contribution < 1.29 is 0 Å². The standard InChI is InChI=1S/C11H8N4O2/c16-10-7-9(14-11(17)15-10)13-8(12-7)6-4-2-1-3-5-6/h1-5,12H,(H2,14,15,16,17)/q+1. The fourth-order valence-corrected chi connectivity index (χ4v) is 1.67. The average Bonchev–Trinajstić information content (AvgIpc) is 2.74. The summed E-state index contributed by atoms with van der Waals surface area (Å²) in [4.78, 5) is 31.4. The van der Waals surface area contributed by atoms with E-state index in [0.29, 0.717) is 5.84 Å². The molecule has 0 unspecified atom stereocenters. The Morgan fingerprint density at radius 1 is 1.00 bits per heavy atom. The second-order valence-corrected chi connectivity index (χ2v) is 3.58. The lowest BCUT2D eigenvalue weighted by Crippen LogP contribution is -2.24. The molecule has 83 valence electrons. The summed E-state index contributed by atoms with van der Waals surface area (Å²) in [5.41, 5.74) is 0.0828. The van der Waals surface area contributed by atoms with Crippen molar-refractivity contribution in [1.29, 1.82) is 0 Å². The number of hydrogen-bond donors (Lipinski definition) is 3. The normalized spacial score (nSPS) is 12.8. The van der Waals surface area contributed by atoms with E-state index in [9.17, 15) is 9.59 Å². The van der Waals surface area contributed by atoms with Crippen LogP contribution in [0.1, 0.15) is 5.56 Å². The molecular formula is C11H8N4O2+. The van der Waals surface area contributed by atoms with Crippen molar-refractivity contribution in [3.63, 3.8) is 0 Å². The van der Waals surface area contributed by atoms with Gasteiger partial charge in [-0.1, -0.05) is 23.2 Å². The fraction of sp³-hybridized carbons (Fsp3) is 0. The molecule has 1 aliphatic rings. The zero-order valence-electron chi connectivity index (χ0n) is 8.65. The van der Waals surface area contributed by atoms with Gasteiger partial charge in [-0.15, -0.1) is 0 Å². The van der Waals surface area contributed by atoms with Crippen LogP contribution in [0.15, 0.2) is 39.9 Å². The lowest BCUT2D eigenvalue weighted by Gasteiger charge is -1.94. The van der Waals surface area contributed by atoms with Crippen LogP contribution in [0.25, 0.3) is 0 Å². The van der Waals surface area contributed by atoms with Gasteiger partial charge in [0.2, 0.25) is 5.69 Å². The summed E-state index contributed by atoms with van der Waals surface area (Å²) >= 11 is 0. The van der Waals surface area contributed by atoms with Gasteiger partial charge in [-0.3, -0.25) is 15.1 Å². The maximum absolute atomic E-state index is 11.5. The van der Waals surface area contributed by atoms with E-state index in [0.717, 1.165) is 5.56 Å². The number of rotatable bonds is 1. The molecule has 0 spiro atoms. The zero-order chi connectivity index (χ0) is 11.8. The van der Waals surface area contributed by atoms with Gasteiger partial charge in [-0.05, 0) is 12.1 Å². The molecule has 0 saturated carbocycles. The van der Waals surface area contributed by atoms with Crippen molar-refractivity contribution in [3.05, 3.63) is 56.7 Å². The third-order valence-corrected chi connectivity index (χ3v) is 2.44. The molecule has 6 heteroatoms. The second kappa shape index (κ2) is 3.44. The topological polar surface area (TPSA) is 91.8 Å². The van der Waals surface area contributed by atoms with Gasteiger partial charge < -0.3 is 0 Å². The molecule has 0 fully saturated rings. The first kappa shape index (κ1) is 9.59. The smallest absolute Gasteiger partial charge is 0.265 e. The minimum absolute atomic E-state index is 0.262. The highest BCUT2D eigenvalue weighted by molar-refractivity contribution is 6.12. The Balaban J connectivity index is 2.12. The number of fused-ring (bicyclic) bond motifs is 1. The number of aliphatic imine (C=N–C) groups is 1. The molecule has 3 N–H and O–H groups in total. The maximum atomic E-state index is 11.5. The Kier molecular flexibility index (Phi) is 1.94. The molecule has 3 rings (SSSR count). The lowest BCUT2D eigenvalue weighted by molar-refractivity contribution is 1.03. The summed E-state index contributed by atoms with van der Waals surface area (Å²) in [6.07, 6.45) is 0. The molecule has 6 nitrogen and oxygen atoms in total. The van der Waals surface area contributed by atoms with E-state index in [1.54, 1.807) is 0 Å². The van der Waals surface area contributed by atoms with E-state index < -0.39 is 11.2 Å². The maximum Gasteiger partial charge on any atom is 0.384 e. The summed E-state index contributed by atoms with van der Waals surface area (Å²) in [5.74, 6) is 0.811. The van der Waals surface area contributed by atoms with Crippen molar-refractivity contribution in [1.82, 2.24) is 15.0 Å². The first-order valence-electron chi connectivity index (χ1n) is 5.02. The molecule has 1 aromatic carbocycles. The summed E-state index contributed by atoms with van der Waals surface area (Å²) in [6, 6.07) is 9.36. The quantitative estimate of drug-likeness (QED) is 0.636. The van der Waals surface area contributed by atoms with E-state index in [-0.39, 0.29) is 11.5 Å². The Bertz CT molecular complexity index is 712. The molecule has 1 radical (unpaired) electrons. The van der Waals surface area contributed by atoms with Crippen LogP contribution in [0.2, 0.25) is 0 Å². The average molecular weight is 228 g/mol. The Morgan fingerprint density at radius 2 is 1.76 bits per heavy atom. The van der Waals surface area contributed by atoms with Crippen LogP contribution in [0, 0.1) is 0 Å². The van der Waals surface area contributed by atoms with Crippen LogP contribution in [-0.4, -0.2) is 15.8 Å². The molecule has 0 saturated heterocycles. The van der Waals surface area contributed by atoms with Gasteiger partial charge in [-0.2, -0.15) is 0 Å². The number of hydrogen-bond acceptors (Lipinski definition) is 4. The molecule has 0 amide bonds. The van der Waals surface area contributed by atoms with Crippen LogP contribution in [-0.2, 0) is 0 Å². The molecular weight excluding hydrogens is 220 g/mol. The molecule has 0 bridgehead atoms. The highest BCUT2D eigenvalue weighted by atomic mass is 16.2. The zero-order valence-corrected chi connectivity index (χ0v) is 8.65. The SMILES string of the molecule is O=c1[nH]c2c(c(=O)[nH]1)NC(c1ccccc1)=[N+]2. The van der Waals surface area contributed by atoms with Gasteiger partial charge in [0.1, 0.15) is 0 Å². The van der Waals surface area contributed by atoms with Gasteiger partial charge in [0.15, 0.2) is 0 Å². The Labute approximate surface area is 95.1 Å². The van der Waals surface area contributed by atoms with Crippen molar-refractivity contribution in [3.8, 4) is 0 Å². The van der Waals surface area contributed by atoms with Crippen LogP contribution < -0.4 is 21.6 Å². The number of aromatic nitrogens is 2.